The van der Waals surface area contributed by atoms with Crippen LogP contribution in [0.3, 0.4) is 0 Å². The highest BCUT2D eigenvalue weighted by Crippen LogP contribution is 2.41. The molecule has 0 radical (unpaired) electrons. The summed E-state index contributed by atoms with van der Waals surface area (Å²) in [5, 5.41) is 43.2. The summed E-state index contributed by atoms with van der Waals surface area (Å²) < 4.78 is 13.8. The number of aromatic amines is 2. The normalized spacial score (nSPS) is 15.7. The fraction of sp³-hybridized carbons (Fsp3) is 0.256. The summed E-state index contributed by atoms with van der Waals surface area (Å²) in [4.78, 5) is 60.5. The second-order valence-corrected chi connectivity index (χ2v) is 15.1. The van der Waals surface area contributed by atoms with Crippen molar-refractivity contribution in [1.82, 2.24) is 34.6 Å². The minimum absolute atomic E-state index is 0.0480. The molecule has 300 valence electrons. The molecule has 3 aromatic carbocycles. The van der Waals surface area contributed by atoms with Crippen LogP contribution in [0.4, 0.5) is 4.79 Å². The topological polar surface area (TPSA) is 227 Å². The molecule has 0 saturated heterocycles. The molecule has 16 nitrogen and oxygen atoms in total. The van der Waals surface area contributed by atoms with Crippen LogP contribution in [-0.4, -0.2) is 56.7 Å². The highest BCUT2D eigenvalue weighted by Gasteiger charge is 2.45. The highest BCUT2D eigenvalue weighted by atomic mass is 16.6. The molecule has 1 atom stereocenters. The van der Waals surface area contributed by atoms with Gasteiger partial charge in [-0.05, 0) is 84.5 Å². The number of benzene rings is 3. The van der Waals surface area contributed by atoms with Gasteiger partial charge in [-0.25, -0.2) is 29.0 Å². The molecule has 0 fully saturated rings. The molecule has 7 aromatic rings. The van der Waals surface area contributed by atoms with Gasteiger partial charge in [-0.3, -0.25) is 4.79 Å². The number of carbonyl (C=O) groups excluding carboxylic acids is 2. The predicted octanol–water partition coefficient (Wildman–Crippen LogP) is 5.49. The van der Waals surface area contributed by atoms with Gasteiger partial charge in [-0.2, -0.15) is 5.10 Å². The van der Waals surface area contributed by atoms with Gasteiger partial charge in [0.15, 0.2) is 11.4 Å². The van der Waals surface area contributed by atoms with Crippen molar-refractivity contribution in [3.05, 3.63) is 115 Å². The summed E-state index contributed by atoms with van der Waals surface area (Å²) in [5.41, 5.74) is 4.00. The summed E-state index contributed by atoms with van der Waals surface area (Å²) in [6.07, 6.45) is -0.0479. The van der Waals surface area contributed by atoms with Crippen LogP contribution in [0.1, 0.15) is 73.5 Å². The minimum Gasteiger partial charge on any atom is -0.508 e. The van der Waals surface area contributed by atoms with Crippen LogP contribution in [0.5, 0.6) is 17.2 Å². The molecule has 0 saturated carbocycles. The molecule has 1 unspecified atom stereocenters. The van der Waals surface area contributed by atoms with Gasteiger partial charge in [0, 0.05) is 39.2 Å². The maximum Gasteiger partial charge on any atom is 0.412 e. The van der Waals surface area contributed by atoms with Gasteiger partial charge in [0.05, 0.1) is 46.8 Å². The van der Waals surface area contributed by atoms with Gasteiger partial charge in [0.2, 0.25) is 0 Å². The molecule has 4 aromatic heterocycles. The molecular formula is C43H39N7O9. The quantitative estimate of drug-likeness (QED) is 0.105. The van der Waals surface area contributed by atoms with Gasteiger partial charge in [0.25, 0.3) is 5.56 Å². The molecule has 2 aliphatic rings. The number of amides is 1. The van der Waals surface area contributed by atoms with Gasteiger partial charge >= 0.3 is 17.8 Å². The molecule has 2 aliphatic heterocycles. The van der Waals surface area contributed by atoms with Crippen molar-refractivity contribution in [3.8, 4) is 45.7 Å². The average Bonchev–Trinajstić information content (AvgIpc) is 3.92. The van der Waals surface area contributed by atoms with E-state index in [1.165, 1.54) is 10.6 Å². The second-order valence-electron chi connectivity index (χ2n) is 15.1. The number of carbonyl (C=O) groups is 2. The first-order valence-electron chi connectivity index (χ1n) is 19.2. The van der Waals surface area contributed by atoms with E-state index in [1.807, 2.05) is 26.8 Å². The fourth-order valence-corrected chi connectivity index (χ4v) is 8.29. The second kappa shape index (κ2) is 13.7. The number of cyclic esters (lactones) is 1. The van der Waals surface area contributed by atoms with Crippen molar-refractivity contribution in [3.63, 3.8) is 0 Å². The Morgan fingerprint density at radius 2 is 1.83 bits per heavy atom. The lowest BCUT2D eigenvalue weighted by Gasteiger charge is -2.31. The molecule has 1 amide bonds. The van der Waals surface area contributed by atoms with E-state index in [4.69, 9.17) is 14.5 Å². The standard InChI is InChI=1S/C43H39N7O9/c1-5-25-27-13-24(8-10-33(27)46-37-29(25)18-49-34(37)15-31-30(39(49)53)19-58-40(54)43(31,57)6-2)59-42(56)44-17-22-11-21-12-23(7-9-32(21)45-22)50-38(47-48-41(50)55)28-14-26(20(3)4)35(51)16-36(28)52/h7-16,20,45,51-52,57H,5-6,17-19H2,1-4H3,(H,44,56)(H,48,55). The Kier molecular flexibility index (Phi) is 8.70. The third-order valence-corrected chi connectivity index (χ3v) is 11.4. The Bertz CT molecular complexity index is 3050. The number of phenols is 2. The molecule has 59 heavy (non-hydrogen) atoms. The summed E-state index contributed by atoms with van der Waals surface area (Å²) in [7, 11) is 0. The smallest absolute Gasteiger partial charge is 0.412 e. The number of rotatable bonds is 8. The Morgan fingerprint density at radius 3 is 2.59 bits per heavy atom. The molecule has 9 rings (SSSR count). The minimum atomic E-state index is -1.92. The van der Waals surface area contributed by atoms with Crippen molar-refractivity contribution >= 4 is 33.9 Å². The monoisotopic (exact) mass is 797 g/mol. The third-order valence-electron chi connectivity index (χ3n) is 11.4. The zero-order valence-corrected chi connectivity index (χ0v) is 32.5. The molecule has 0 spiro atoms. The number of aromatic nitrogens is 6. The van der Waals surface area contributed by atoms with Crippen LogP contribution >= 0.6 is 0 Å². The number of nitrogens with zero attached hydrogens (tertiary/aromatic N) is 4. The van der Waals surface area contributed by atoms with E-state index in [1.54, 1.807) is 60.0 Å². The molecule has 0 bridgehead atoms. The molecule has 6 heterocycles. The Morgan fingerprint density at radius 1 is 1.02 bits per heavy atom. The lowest BCUT2D eigenvalue weighted by Crippen LogP contribution is -2.44. The van der Waals surface area contributed by atoms with E-state index in [9.17, 15) is 34.5 Å². The lowest BCUT2D eigenvalue weighted by atomic mass is 9.86. The molecule has 6 N–H and O–H groups in total. The zero-order chi connectivity index (χ0) is 41.5. The Labute approximate surface area is 334 Å². The van der Waals surface area contributed by atoms with Gasteiger partial charge in [0.1, 0.15) is 23.9 Å². The first-order chi connectivity index (χ1) is 28.3. The number of ether oxygens (including phenoxy) is 2. The van der Waals surface area contributed by atoms with Crippen LogP contribution < -0.4 is 21.3 Å². The number of nitrogens with one attached hydrogen (secondary N) is 3. The lowest BCUT2D eigenvalue weighted by molar-refractivity contribution is -0.172. The van der Waals surface area contributed by atoms with E-state index in [0.717, 1.165) is 27.4 Å². The number of aromatic hydroxyl groups is 2. The number of hydrogen-bond donors (Lipinski definition) is 6. The number of aliphatic hydroxyl groups is 1. The fourth-order valence-electron chi connectivity index (χ4n) is 8.29. The van der Waals surface area contributed by atoms with E-state index in [-0.39, 0.29) is 71.6 Å². The van der Waals surface area contributed by atoms with Crippen LogP contribution in [0.25, 0.3) is 50.3 Å². The summed E-state index contributed by atoms with van der Waals surface area (Å²) >= 11 is 0. The SMILES string of the molecule is CCc1c2c(nc3ccc(OC(=O)NCc4cc5cc(-n6c(-c7cc(C(C)C)c(O)cc7O)n[nH]c6=O)ccc5[nH]4)cc13)-c1cc3c(c(=O)n1C2)COC(=O)C3(O)CC. The number of aryl methyl sites for hydroxylation is 1. The first-order valence-corrected chi connectivity index (χ1v) is 19.2. The molecular weight excluding hydrogens is 759 g/mol. The molecule has 16 heteroatoms. The maximum atomic E-state index is 13.7. The van der Waals surface area contributed by atoms with E-state index >= 15 is 0 Å². The number of esters is 1. The van der Waals surface area contributed by atoms with E-state index in [2.05, 4.69) is 20.5 Å². The zero-order valence-electron chi connectivity index (χ0n) is 32.5. The van der Waals surface area contributed by atoms with Crippen molar-refractivity contribution in [2.45, 2.75) is 71.8 Å². The van der Waals surface area contributed by atoms with Crippen molar-refractivity contribution in [1.29, 1.82) is 0 Å². The van der Waals surface area contributed by atoms with Gasteiger partial charge in [-0.15, -0.1) is 0 Å². The van der Waals surface area contributed by atoms with Crippen LogP contribution in [0.15, 0.2) is 70.3 Å². The first kappa shape index (κ1) is 37.4. The predicted molar refractivity (Wildman–Crippen MR) is 216 cm³/mol. The number of pyridine rings is 2. The summed E-state index contributed by atoms with van der Waals surface area (Å²) in [6.45, 7) is 7.60. The van der Waals surface area contributed by atoms with Crippen LogP contribution in [0, 0.1) is 0 Å². The highest BCUT2D eigenvalue weighted by molar-refractivity contribution is 5.90. The van der Waals surface area contributed by atoms with Crippen molar-refractivity contribution < 1.29 is 34.4 Å². The van der Waals surface area contributed by atoms with Gasteiger partial charge < -0.3 is 39.7 Å². The van der Waals surface area contributed by atoms with Gasteiger partial charge in [-0.1, -0.05) is 27.7 Å². The van der Waals surface area contributed by atoms with Crippen molar-refractivity contribution in [2.24, 2.45) is 0 Å². The van der Waals surface area contributed by atoms with E-state index < -0.39 is 23.4 Å². The Hall–Kier alpha value is -7.20. The van der Waals surface area contributed by atoms with Crippen LogP contribution in [0.2, 0.25) is 0 Å². The van der Waals surface area contributed by atoms with Crippen molar-refractivity contribution in [2.75, 3.05) is 0 Å². The number of phenolic OH excluding ortho intramolecular Hbond substituents is 2. The molecule has 0 aliphatic carbocycles. The largest absolute Gasteiger partial charge is 0.508 e. The maximum absolute atomic E-state index is 13.7. The summed E-state index contributed by atoms with van der Waals surface area (Å²) in [5.74, 6) is -0.642. The Balaban J connectivity index is 0.941. The van der Waals surface area contributed by atoms with E-state index in [0.29, 0.717) is 46.0 Å². The average molecular weight is 798 g/mol. The third kappa shape index (κ3) is 5.93. The number of fused-ring (bicyclic) bond motifs is 6. The summed E-state index contributed by atoms with van der Waals surface area (Å²) in [6, 6.07) is 16.8. The number of hydrogen-bond acceptors (Lipinski definition) is 11. The van der Waals surface area contributed by atoms with Crippen LogP contribution in [-0.2, 0) is 41.2 Å². The number of H-pyrrole nitrogens is 2.